The third kappa shape index (κ3) is 22.8. The van der Waals surface area contributed by atoms with Crippen LogP contribution in [0, 0.1) is 58.4 Å². The van der Waals surface area contributed by atoms with Gasteiger partial charge in [0.15, 0.2) is 22.8 Å². The molecule has 0 unspecified atom stereocenters. The molecule has 44 heteroatoms. The van der Waals surface area contributed by atoms with Crippen LogP contribution in [0.15, 0.2) is 167 Å². The molecule has 6 amide bonds. The summed E-state index contributed by atoms with van der Waals surface area (Å²) in [7, 11) is 0. The first-order chi connectivity index (χ1) is 67.1. The van der Waals surface area contributed by atoms with Crippen LogP contribution in [0.1, 0.15) is 124 Å². The molecule has 0 radical (unpaired) electrons. The maximum Gasteiger partial charge on any atom is 0.410 e. The van der Waals surface area contributed by atoms with E-state index in [4.69, 9.17) is 44.1 Å². The number of imidazole rings is 2. The van der Waals surface area contributed by atoms with Gasteiger partial charge in [0.1, 0.15) is 125 Å². The summed E-state index contributed by atoms with van der Waals surface area (Å²) in [5.74, 6) is -8.10. The molecular formula is C95H88ClF8N21O14. The van der Waals surface area contributed by atoms with Gasteiger partial charge in [0, 0.05) is 55.0 Å². The number of carbonyl (C=O) groups is 6. The monoisotopic (exact) mass is 1930 g/mol. The standard InChI is InChI=1S/C29H31F2N5O5.C24H22F2N6O4.C24H23F2N5O3.C18H12ClF2N5O2/c1-29(2,3)41-28(38)36-12-9-17(10-13-36)11-14-39-18-7-8-23-21(15-18)34-27(40-23)25-22(16-32-35-25)33-26(37)24-19(30)5-4-6-20(24)31;1-2-36-19-11-17-16(10-13(19)24(34)32-6-8-35-9-7-32)28-22(29-17)21-18(12-27-31-21)30-23(33)20-14(25)4-3-5-15(20)26;25-16-2-1-3-17(26)21(16)23(32)29-19-13-28-31-22(19)24-30-18-12-15(4-5-20(18)34-24)33-11-8-14-6-9-27-10-7-14;19-9-4-8(7-27)15-12(5-9)23-17(25-15)16-13(6-22-26-16)24-18(28)14-10(20)2-1-3-11(14)21/h4-8,15-17H,9-14H2,1-3H3,(H,32,35)(H,33,37);3-5,10-12H,2,6-9H2,1H3,(H,27,31)(H,28,29)(H,30,33);1-5,12-14,27H,6-11H2,(H,28,31)(H,29,32);1-6,27H,7H2,(H,22,26)(H,23,25)(H,24,28). The van der Waals surface area contributed by atoms with Crippen LogP contribution in [0.2, 0.25) is 5.02 Å². The zero-order chi connectivity index (χ0) is 97.7. The quantitative estimate of drug-likeness (QED) is 0.0250. The molecule has 12 N–H and O–H groups in total. The topological polar surface area (TPSA) is 460 Å². The molecule has 35 nitrogen and oxygen atoms in total. The number of aliphatic hydroxyl groups is 1. The molecule has 3 aliphatic rings. The molecule has 8 aromatic heterocycles. The number of benzene rings is 8. The Hall–Kier alpha value is -15.9. The number of nitrogens with one attached hydrogen (secondary N) is 11. The fraction of sp³-hybridized carbons (Fsp3) is 0.263. The largest absolute Gasteiger partial charge is 0.494 e. The van der Waals surface area contributed by atoms with E-state index < -0.39 is 98.0 Å². The van der Waals surface area contributed by atoms with Gasteiger partial charge in [-0.05, 0) is 182 Å². The lowest BCUT2D eigenvalue weighted by atomic mass is 9.94. The second-order valence-electron chi connectivity index (χ2n) is 33.0. The van der Waals surface area contributed by atoms with Gasteiger partial charge in [-0.15, -0.1) is 0 Å². The van der Waals surface area contributed by atoms with Gasteiger partial charge in [-0.3, -0.25) is 44.4 Å². The molecule has 720 valence electrons. The molecule has 19 rings (SSSR count). The Morgan fingerprint density at radius 1 is 0.482 bits per heavy atom. The average Bonchev–Trinajstić information content (AvgIpc) is 1.64. The van der Waals surface area contributed by atoms with Gasteiger partial charge in [0.25, 0.3) is 29.5 Å². The number of aliphatic hydroxyl groups excluding tert-OH is 1. The third-order valence-electron chi connectivity index (χ3n) is 22.5. The van der Waals surface area contributed by atoms with E-state index in [-0.39, 0.29) is 70.2 Å². The number of H-pyrrole nitrogens is 6. The first-order valence-corrected chi connectivity index (χ1v) is 44.2. The van der Waals surface area contributed by atoms with Gasteiger partial charge in [0.05, 0.1) is 115 Å². The minimum absolute atomic E-state index is 0.135. The van der Waals surface area contributed by atoms with E-state index in [0.29, 0.717) is 166 Å². The summed E-state index contributed by atoms with van der Waals surface area (Å²) < 4.78 is 152. The number of fused-ring (bicyclic) bond motifs is 4. The van der Waals surface area contributed by atoms with Crippen molar-refractivity contribution < 1.29 is 102 Å². The summed E-state index contributed by atoms with van der Waals surface area (Å²) >= 11 is 6.03. The number of carbonyl (C=O) groups excluding carboxylic acids is 6. The van der Waals surface area contributed by atoms with Crippen molar-refractivity contribution in [2.75, 3.05) is 93.6 Å². The number of amides is 6. The van der Waals surface area contributed by atoms with Crippen molar-refractivity contribution in [1.29, 1.82) is 0 Å². The number of rotatable bonds is 24. The molecule has 0 atom stereocenters. The van der Waals surface area contributed by atoms with E-state index in [2.05, 4.69) is 97.3 Å². The van der Waals surface area contributed by atoms with Crippen LogP contribution in [0.4, 0.5) is 62.7 Å². The number of likely N-dealkylation sites (tertiary alicyclic amines) is 1. The molecule has 0 aliphatic carbocycles. The van der Waals surface area contributed by atoms with Gasteiger partial charge in [0.2, 0.25) is 11.8 Å². The number of morpholine rings is 1. The smallest absolute Gasteiger partial charge is 0.410 e. The van der Waals surface area contributed by atoms with Crippen LogP contribution >= 0.6 is 11.6 Å². The number of aromatic nitrogens is 14. The van der Waals surface area contributed by atoms with Crippen LogP contribution in [0.5, 0.6) is 17.2 Å². The fourth-order valence-electron chi connectivity index (χ4n) is 15.5. The predicted octanol–water partition coefficient (Wildman–Crippen LogP) is 17.7. The summed E-state index contributed by atoms with van der Waals surface area (Å²) in [5.41, 5.74) is 3.59. The minimum atomic E-state index is -0.984. The molecule has 0 bridgehead atoms. The Morgan fingerprint density at radius 2 is 0.899 bits per heavy atom. The van der Waals surface area contributed by atoms with Crippen LogP contribution in [-0.2, 0) is 16.1 Å². The molecule has 11 heterocycles. The summed E-state index contributed by atoms with van der Waals surface area (Å²) in [6.45, 7) is 14.0. The van der Waals surface area contributed by atoms with Crippen LogP contribution in [0.25, 0.3) is 90.5 Å². The summed E-state index contributed by atoms with van der Waals surface area (Å²) in [6.07, 6.45) is 10.9. The molecule has 139 heavy (non-hydrogen) atoms. The van der Waals surface area contributed by atoms with E-state index in [1.165, 1.54) is 61.9 Å². The number of aromatic amines is 6. The summed E-state index contributed by atoms with van der Waals surface area (Å²) in [6, 6.07) is 29.9. The number of hydrogen-bond donors (Lipinski definition) is 12. The van der Waals surface area contributed by atoms with Crippen molar-refractivity contribution in [2.24, 2.45) is 11.8 Å². The van der Waals surface area contributed by atoms with Crippen LogP contribution in [0.3, 0.4) is 0 Å². The number of hydrogen-bond acceptors (Lipinski definition) is 23. The van der Waals surface area contributed by atoms with E-state index >= 15 is 0 Å². The minimum Gasteiger partial charge on any atom is -0.494 e. The molecule has 0 spiro atoms. The normalized spacial score (nSPS) is 13.5. The van der Waals surface area contributed by atoms with Gasteiger partial charge < -0.3 is 84.0 Å². The number of ether oxygens (including phenoxy) is 5. The third-order valence-corrected chi connectivity index (χ3v) is 22.7. The van der Waals surface area contributed by atoms with Gasteiger partial charge in [-0.25, -0.2) is 59.9 Å². The number of halogens is 9. The van der Waals surface area contributed by atoms with Gasteiger partial charge >= 0.3 is 6.09 Å². The molecule has 8 aromatic carbocycles. The number of piperidine rings is 2. The highest BCUT2D eigenvalue weighted by Crippen LogP contribution is 2.38. The van der Waals surface area contributed by atoms with Crippen molar-refractivity contribution in [3.63, 3.8) is 0 Å². The van der Waals surface area contributed by atoms with Gasteiger partial charge in [-0.2, -0.15) is 20.4 Å². The molecule has 3 aliphatic heterocycles. The highest BCUT2D eigenvalue weighted by Gasteiger charge is 2.32. The van der Waals surface area contributed by atoms with Crippen LogP contribution < -0.4 is 40.8 Å². The Bertz CT molecular complexity index is 7110. The zero-order valence-corrected chi connectivity index (χ0v) is 75.3. The highest BCUT2D eigenvalue weighted by molar-refractivity contribution is 6.31. The first-order valence-electron chi connectivity index (χ1n) is 43.8. The van der Waals surface area contributed by atoms with E-state index in [0.717, 1.165) is 87.3 Å². The zero-order valence-electron chi connectivity index (χ0n) is 74.5. The maximum absolute atomic E-state index is 14.0. The highest BCUT2D eigenvalue weighted by atomic mass is 35.5. The number of anilines is 4. The molecule has 16 aromatic rings. The Kier molecular flexibility index (Phi) is 29.8. The SMILES string of the molecule is CC(C)(C)OC(=O)N1CCC(CCOc2ccc3oc(-c4[nH]ncc4NC(=O)c4c(F)cccc4F)nc3c2)CC1.CCOc1cc2nc(-c3[nH]ncc3NC(=O)c3c(F)cccc3F)[nH]c2cc1C(=O)N1CCOCC1.O=C(Nc1cn[nH]c1-c1nc2c(CO)cc(Cl)cc2[nH]1)c1c(F)cccc1F.O=C(Nc1cn[nH]c1-c1nc2cc(OCCC3CCNCC3)ccc2o1)c1c(F)cccc1F. The molecule has 0 saturated carbocycles. The lowest BCUT2D eigenvalue weighted by molar-refractivity contribution is 0.0176. The Morgan fingerprint density at radius 3 is 1.33 bits per heavy atom. The second-order valence-corrected chi connectivity index (χ2v) is 33.4. The first kappa shape index (κ1) is 96.2. The van der Waals surface area contributed by atoms with Crippen molar-refractivity contribution in [1.82, 2.24) is 85.8 Å². The van der Waals surface area contributed by atoms with E-state index in [1.807, 2.05) is 33.8 Å². The van der Waals surface area contributed by atoms with Crippen molar-refractivity contribution in [3.05, 3.63) is 243 Å². The average molecular weight is 1940 g/mol. The summed E-state index contributed by atoms with van der Waals surface area (Å²) in [4.78, 5) is 103. The van der Waals surface area contributed by atoms with Crippen molar-refractivity contribution in [3.8, 4) is 63.5 Å². The van der Waals surface area contributed by atoms with Crippen molar-refractivity contribution in [2.45, 2.75) is 78.4 Å². The molecule has 3 fully saturated rings. The number of nitrogens with zero attached hydrogens (tertiary/aromatic N) is 10. The van der Waals surface area contributed by atoms with E-state index in [9.17, 15) is 69.0 Å². The Balaban J connectivity index is 0.000000135. The maximum atomic E-state index is 14.0. The van der Waals surface area contributed by atoms with Gasteiger partial charge in [-0.1, -0.05) is 35.9 Å². The second kappa shape index (κ2) is 43.0. The van der Waals surface area contributed by atoms with E-state index in [1.54, 1.807) is 64.4 Å². The summed E-state index contributed by atoms with van der Waals surface area (Å²) in [5, 5.41) is 49.5. The predicted molar refractivity (Wildman–Crippen MR) is 493 cm³/mol. The number of oxazole rings is 2. The van der Waals surface area contributed by atoms with Crippen LogP contribution in [-0.4, -0.2) is 199 Å². The fourth-order valence-corrected chi connectivity index (χ4v) is 15.8. The lowest BCUT2D eigenvalue weighted by Crippen LogP contribution is -2.41. The lowest BCUT2D eigenvalue weighted by Gasteiger charge is -2.33. The Labute approximate surface area is 788 Å². The van der Waals surface area contributed by atoms with Crippen molar-refractivity contribution >= 4 is 114 Å². The molecule has 3 saturated heterocycles. The molecular weight excluding hydrogens is 1850 g/mol.